The van der Waals surface area contributed by atoms with Gasteiger partial charge in [0.15, 0.2) is 6.79 Å². The maximum atomic E-state index is 10.9. The third kappa shape index (κ3) is 1.47. The molecule has 4 heteroatoms. The highest BCUT2D eigenvalue weighted by atomic mass is 16.9. The lowest BCUT2D eigenvalue weighted by atomic mass is 9.88. The molecule has 0 aromatic heterocycles. The molecule has 2 aliphatic rings. The lowest BCUT2D eigenvalue weighted by Gasteiger charge is -2.42. The van der Waals surface area contributed by atoms with Gasteiger partial charge in [-0.25, -0.2) is 0 Å². The Morgan fingerprint density at radius 1 is 0.900 bits per heavy atom. The number of benzene rings is 2. The van der Waals surface area contributed by atoms with Crippen LogP contribution in [-0.2, 0) is 21.7 Å². The maximum absolute atomic E-state index is 10.9. The van der Waals surface area contributed by atoms with E-state index in [9.17, 15) is 5.11 Å². The largest absolute Gasteiger partial charge is 0.452 e. The van der Waals surface area contributed by atoms with Crippen LogP contribution in [0.3, 0.4) is 0 Å². The molecule has 4 nitrogen and oxygen atoms in total. The summed E-state index contributed by atoms with van der Waals surface area (Å²) in [5, 5.41) is 10.9. The van der Waals surface area contributed by atoms with Gasteiger partial charge in [0, 0.05) is 12.0 Å². The number of hydrogen-bond donors (Lipinski definition) is 1. The van der Waals surface area contributed by atoms with E-state index in [2.05, 4.69) is 0 Å². The first-order chi connectivity index (χ1) is 9.74. The average Bonchev–Trinajstić information content (AvgIpc) is 2.82. The van der Waals surface area contributed by atoms with Crippen molar-refractivity contribution in [3.8, 4) is 5.75 Å². The molecule has 1 N–H and O–H groups in total. The molecule has 4 rings (SSSR count). The summed E-state index contributed by atoms with van der Waals surface area (Å²) in [6, 6.07) is 17.0. The lowest BCUT2D eigenvalue weighted by molar-refractivity contribution is -0.295. The molecule has 102 valence electrons. The topological polar surface area (TPSA) is 47.9 Å². The lowest BCUT2D eigenvalue weighted by Crippen LogP contribution is -2.57. The SMILES string of the molecule is OC12Cc3ccccc3OC1(c1ccccc1)OCO2. The van der Waals surface area contributed by atoms with E-state index in [4.69, 9.17) is 14.2 Å². The Balaban J connectivity index is 1.90. The van der Waals surface area contributed by atoms with Crippen LogP contribution < -0.4 is 4.74 Å². The molecule has 2 aliphatic heterocycles. The van der Waals surface area contributed by atoms with Gasteiger partial charge in [-0.1, -0.05) is 48.5 Å². The highest BCUT2D eigenvalue weighted by molar-refractivity contribution is 5.40. The van der Waals surface area contributed by atoms with Crippen molar-refractivity contribution in [2.75, 3.05) is 6.79 Å². The summed E-state index contributed by atoms with van der Waals surface area (Å²) in [5.74, 6) is -2.10. The highest BCUT2D eigenvalue weighted by Crippen LogP contribution is 2.50. The molecule has 0 amide bonds. The van der Waals surface area contributed by atoms with Crippen LogP contribution in [0.4, 0.5) is 0 Å². The summed E-state index contributed by atoms with van der Waals surface area (Å²) in [6.45, 7) is -0.000612. The molecule has 0 aliphatic carbocycles. The third-order valence-corrected chi connectivity index (χ3v) is 3.88. The quantitative estimate of drug-likeness (QED) is 0.862. The van der Waals surface area contributed by atoms with E-state index in [1.165, 1.54) is 0 Å². The molecule has 2 heterocycles. The van der Waals surface area contributed by atoms with E-state index in [0.717, 1.165) is 11.1 Å². The summed E-state index contributed by atoms with van der Waals surface area (Å²) < 4.78 is 17.2. The van der Waals surface area contributed by atoms with E-state index in [0.29, 0.717) is 12.2 Å². The first-order valence-electron chi connectivity index (χ1n) is 6.56. The predicted molar refractivity (Wildman–Crippen MR) is 70.9 cm³/mol. The Morgan fingerprint density at radius 2 is 1.65 bits per heavy atom. The second-order valence-electron chi connectivity index (χ2n) is 5.06. The smallest absolute Gasteiger partial charge is 0.294 e. The van der Waals surface area contributed by atoms with E-state index in [-0.39, 0.29) is 6.79 Å². The third-order valence-electron chi connectivity index (χ3n) is 3.88. The fraction of sp³-hybridized carbons (Fsp3) is 0.250. The molecular formula is C16H14O4. The van der Waals surface area contributed by atoms with Gasteiger partial charge in [0.1, 0.15) is 5.75 Å². The minimum atomic E-state index is -1.51. The number of hydrogen-bond acceptors (Lipinski definition) is 4. The summed E-state index contributed by atoms with van der Waals surface area (Å²) in [7, 11) is 0. The van der Waals surface area contributed by atoms with Crippen molar-refractivity contribution in [3.05, 3.63) is 65.7 Å². The van der Waals surface area contributed by atoms with Gasteiger partial charge < -0.3 is 19.3 Å². The van der Waals surface area contributed by atoms with Crippen LogP contribution >= 0.6 is 0 Å². The maximum Gasteiger partial charge on any atom is 0.294 e. The Morgan fingerprint density at radius 3 is 2.50 bits per heavy atom. The Kier molecular flexibility index (Phi) is 2.41. The predicted octanol–water partition coefficient (Wildman–Crippen LogP) is 2.17. The fourth-order valence-electron chi connectivity index (χ4n) is 2.88. The number of rotatable bonds is 1. The Labute approximate surface area is 116 Å². The van der Waals surface area contributed by atoms with Crippen molar-refractivity contribution >= 4 is 0 Å². The molecule has 0 saturated carbocycles. The van der Waals surface area contributed by atoms with Crippen molar-refractivity contribution in [1.29, 1.82) is 0 Å². The van der Waals surface area contributed by atoms with Crippen LogP contribution in [0.2, 0.25) is 0 Å². The molecule has 20 heavy (non-hydrogen) atoms. The van der Waals surface area contributed by atoms with Crippen LogP contribution in [0.1, 0.15) is 11.1 Å². The first kappa shape index (κ1) is 11.9. The van der Waals surface area contributed by atoms with Crippen LogP contribution in [-0.4, -0.2) is 17.7 Å². The van der Waals surface area contributed by atoms with Gasteiger partial charge in [0.2, 0.25) is 5.79 Å². The standard InChI is InChI=1S/C16H14O4/c17-15-10-12-6-4-5-9-14(12)20-16(15,19-11-18-15)13-7-2-1-3-8-13/h1-9,17H,10-11H2. The molecule has 0 radical (unpaired) electrons. The number of fused-ring (bicyclic) bond motifs is 2. The second kappa shape index (κ2) is 4.06. The van der Waals surface area contributed by atoms with Gasteiger partial charge in [-0.05, 0) is 11.6 Å². The molecule has 1 fully saturated rings. The Hall–Kier alpha value is -1.88. The zero-order chi connectivity index (χ0) is 13.6. The van der Waals surface area contributed by atoms with Gasteiger partial charge in [0.25, 0.3) is 5.79 Å². The van der Waals surface area contributed by atoms with Crippen molar-refractivity contribution in [1.82, 2.24) is 0 Å². The van der Waals surface area contributed by atoms with Gasteiger partial charge >= 0.3 is 0 Å². The zero-order valence-electron chi connectivity index (χ0n) is 10.8. The molecular weight excluding hydrogens is 256 g/mol. The van der Waals surface area contributed by atoms with Crippen molar-refractivity contribution in [2.45, 2.75) is 18.0 Å². The average molecular weight is 270 g/mol. The minimum Gasteiger partial charge on any atom is -0.452 e. The summed E-state index contributed by atoms with van der Waals surface area (Å²) in [5.41, 5.74) is 1.65. The van der Waals surface area contributed by atoms with E-state index in [1.54, 1.807) is 0 Å². The van der Waals surface area contributed by atoms with Gasteiger partial charge in [-0.3, -0.25) is 0 Å². The normalized spacial score (nSPS) is 31.2. The molecule has 2 atom stereocenters. The Bertz CT molecular complexity index is 642. The molecule has 0 bridgehead atoms. The molecule has 2 unspecified atom stereocenters. The van der Waals surface area contributed by atoms with Crippen LogP contribution in [0, 0.1) is 0 Å². The van der Waals surface area contributed by atoms with Crippen LogP contribution in [0.5, 0.6) is 5.75 Å². The van der Waals surface area contributed by atoms with E-state index in [1.807, 2.05) is 54.6 Å². The molecule has 2 aromatic carbocycles. The van der Waals surface area contributed by atoms with E-state index >= 15 is 0 Å². The number of aliphatic hydroxyl groups is 1. The van der Waals surface area contributed by atoms with Gasteiger partial charge in [0.05, 0.1) is 0 Å². The van der Waals surface area contributed by atoms with E-state index < -0.39 is 11.6 Å². The van der Waals surface area contributed by atoms with Crippen LogP contribution in [0.15, 0.2) is 54.6 Å². The summed E-state index contributed by atoms with van der Waals surface area (Å²) >= 11 is 0. The summed E-state index contributed by atoms with van der Waals surface area (Å²) in [6.07, 6.45) is 0.331. The highest BCUT2D eigenvalue weighted by Gasteiger charge is 2.63. The molecule has 2 aromatic rings. The molecule has 0 spiro atoms. The first-order valence-corrected chi connectivity index (χ1v) is 6.56. The number of ether oxygens (including phenoxy) is 3. The van der Waals surface area contributed by atoms with Crippen molar-refractivity contribution in [2.24, 2.45) is 0 Å². The summed E-state index contributed by atoms with van der Waals surface area (Å²) in [4.78, 5) is 0. The van der Waals surface area contributed by atoms with Gasteiger partial charge in [-0.15, -0.1) is 0 Å². The van der Waals surface area contributed by atoms with Crippen molar-refractivity contribution < 1.29 is 19.3 Å². The van der Waals surface area contributed by atoms with Gasteiger partial charge in [-0.2, -0.15) is 0 Å². The fourth-order valence-corrected chi connectivity index (χ4v) is 2.88. The monoisotopic (exact) mass is 270 g/mol. The minimum absolute atomic E-state index is 0.000612. The number of para-hydroxylation sites is 1. The zero-order valence-corrected chi connectivity index (χ0v) is 10.8. The van der Waals surface area contributed by atoms with Crippen molar-refractivity contribution in [3.63, 3.8) is 0 Å². The second-order valence-corrected chi connectivity index (χ2v) is 5.06. The molecule has 1 saturated heterocycles. The van der Waals surface area contributed by atoms with Crippen LogP contribution in [0.25, 0.3) is 0 Å².